The molecule has 33 heavy (non-hydrogen) atoms. The first-order chi connectivity index (χ1) is 16.0. The average Bonchev–Trinajstić information content (AvgIpc) is 3.35. The number of nitrogens with one attached hydrogen (secondary N) is 1. The molecule has 4 heterocycles. The zero-order valence-electron chi connectivity index (χ0n) is 18.7. The fourth-order valence-corrected chi connectivity index (χ4v) is 4.64. The lowest BCUT2D eigenvalue weighted by Gasteiger charge is -2.28. The van der Waals surface area contributed by atoms with Crippen LogP contribution in [0.3, 0.4) is 0 Å². The van der Waals surface area contributed by atoms with E-state index in [0.29, 0.717) is 35.1 Å². The van der Waals surface area contributed by atoms with Crippen LogP contribution in [0.5, 0.6) is 0 Å². The third-order valence-corrected chi connectivity index (χ3v) is 6.25. The molecular formula is C23H27F2N7O. The van der Waals surface area contributed by atoms with E-state index in [4.69, 9.17) is 4.74 Å². The summed E-state index contributed by atoms with van der Waals surface area (Å²) in [5.74, 6) is 1.11. The molecule has 1 aliphatic rings. The maximum Gasteiger partial charge on any atom is 0.256 e. The van der Waals surface area contributed by atoms with Gasteiger partial charge in [0, 0.05) is 36.2 Å². The molecule has 0 radical (unpaired) electrons. The second-order valence-electron chi connectivity index (χ2n) is 8.44. The van der Waals surface area contributed by atoms with Crippen LogP contribution in [0, 0.1) is 6.92 Å². The molecule has 0 amide bonds. The summed E-state index contributed by atoms with van der Waals surface area (Å²) in [6.45, 7) is 4.10. The molecule has 0 aromatic carbocycles. The van der Waals surface area contributed by atoms with Crippen molar-refractivity contribution in [1.82, 2.24) is 29.1 Å². The summed E-state index contributed by atoms with van der Waals surface area (Å²) in [6.07, 6.45) is 7.39. The normalized spacial score (nSPS) is 19.1. The van der Waals surface area contributed by atoms with Gasteiger partial charge in [-0.2, -0.15) is 0 Å². The van der Waals surface area contributed by atoms with Gasteiger partial charge in [0.05, 0.1) is 29.9 Å². The summed E-state index contributed by atoms with van der Waals surface area (Å²) in [6, 6.07) is 4.12. The number of halogens is 2. The van der Waals surface area contributed by atoms with Gasteiger partial charge in [-0.3, -0.25) is 0 Å². The Labute approximate surface area is 190 Å². The number of pyridine rings is 1. The van der Waals surface area contributed by atoms with E-state index in [0.717, 1.165) is 48.9 Å². The molecule has 0 saturated heterocycles. The molecule has 10 heteroatoms. The smallest absolute Gasteiger partial charge is 0.256 e. The van der Waals surface area contributed by atoms with Crippen molar-refractivity contribution in [3.63, 3.8) is 0 Å². The highest BCUT2D eigenvalue weighted by atomic mass is 19.3. The topological polar surface area (TPSA) is 82.2 Å². The SMILES string of the molecule is CCO[C@H]1CC[C@@H](Nc2ncc3c(-c4cnc5nc(C)n(CC(F)F)c5c4)ccn3n2)CC1. The number of ether oxygens (including phenoxy) is 1. The molecule has 4 aromatic heterocycles. The largest absolute Gasteiger partial charge is 0.379 e. The summed E-state index contributed by atoms with van der Waals surface area (Å²) < 4.78 is 35.1. The Morgan fingerprint density at radius 2 is 1.97 bits per heavy atom. The van der Waals surface area contributed by atoms with Gasteiger partial charge >= 0.3 is 0 Å². The fraction of sp³-hybridized carbons (Fsp3) is 0.478. The molecular weight excluding hydrogens is 428 g/mol. The van der Waals surface area contributed by atoms with E-state index < -0.39 is 13.0 Å². The standard InChI is InChI=1S/C23H27F2N7O/c1-3-33-17-6-4-16(5-7-17)29-23-27-12-20-18(8-9-32(20)30-23)15-10-19-22(26-11-15)28-14(2)31(19)13-21(24)25/h8-12,16-17,21H,3-7,13H2,1-2H3,(H,29,30)/t16-,17+. The zero-order valence-corrected chi connectivity index (χ0v) is 18.7. The van der Waals surface area contributed by atoms with E-state index in [1.165, 1.54) is 4.57 Å². The molecule has 1 N–H and O–H groups in total. The van der Waals surface area contributed by atoms with E-state index in [2.05, 4.69) is 25.4 Å². The maximum atomic E-state index is 13.0. The van der Waals surface area contributed by atoms with Crippen LogP contribution in [0.1, 0.15) is 38.4 Å². The summed E-state index contributed by atoms with van der Waals surface area (Å²) in [7, 11) is 0. The molecule has 5 rings (SSSR count). The van der Waals surface area contributed by atoms with Gasteiger partial charge in [-0.05, 0) is 51.7 Å². The monoisotopic (exact) mass is 455 g/mol. The molecule has 1 aliphatic carbocycles. The van der Waals surface area contributed by atoms with Gasteiger partial charge < -0.3 is 14.6 Å². The number of rotatable bonds is 7. The van der Waals surface area contributed by atoms with Crippen molar-refractivity contribution < 1.29 is 13.5 Å². The van der Waals surface area contributed by atoms with Crippen LogP contribution < -0.4 is 5.32 Å². The van der Waals surface area contributed by atoms with Gasteiger partial charge in [0.25, 0.3) is 6.43 Å². The first kappa shape index (κ1) is 21.7. The van der Waals surface area contributed by atoms with Crippen LogP contribution in [-0.2, 0) is 11.3 Å². The number of nitrogens with zero attached hydrogens (tertiary/aromatic N) is 6. The van der Waals surface area contributed by atoms with Crippen LogP contribution in [0.25, 0.3) is 27.8 Å². The van der Waals surface area contributed by atoms with Crippen LogP contribution in [-0.4, -0.2) is 54.3 Å². The van der Waals surface area contributed by atoms with E-state index >= 15 is 0 Å². The maximum absolute atomic E-state index is 13.0. The quantitative estimate of drug-likeness (QED) is 0.443. The molecule has 174 valence electrons. The Kier molecular flexibility index (Phi) is 5.92. The predicted octanol–water partition coefficient (Wildman–Crippen LogP) is 4.47. The summed E-state index contributed by atoms with van der Waals surface area (Å²) in [5, 5.41) is 8.06. The van der Waals surface area contributed by atoms with Crippen molar-refractivity contribution in [3.8, 4) is 11.1 Å². The van der Waals surface area contributed by atoms with Crippen LogP contribution in [0.15, 0.2) is 30.7 Å². The van der Waals surface area contributed by atoms with Crippen molar-refractivity contribution in [2.45, 2.75) is 64.6 Å². The van der Waals surface area contributed by atoms with E-state index in [9.17, 15) is 8.78 Å². The van der Waals surface area contributed by atoms with Crippen molar-refractivity contribution in [2.24, 2.45) is 0 Å². The first-order valence-corrected chi connectivity index (χ1v) is 11.4. The number of imidazole rings is 1. The summed E-state index contributed by atoms with van der Waals surface area (Å²) in [4.78, 5) is 13.2. The first-order valence-electron chi connectivity index (χ1n) is 11.4. The molecule has 1 fully saturated rings. The third kappa shape index (κ3) is 4.39. The van der Waals surface area contributed by atoms with Gasteiger partial charge in [0.2, 0.25) is 5.95 Å². The molecule has 0 unspecified atom stereocenters. The Hall–Kier alpha value is -3.14. The van der Waals surface area contributed by atoms with Gasteiger partial charge in [-0.25, -0.2) is 28.2 Å². The molecule has 4 aromatic rings. The van der Waals surface area contributed by atoms with Crippen molar-refractivity contribution in [1.29, 1.82) is 0 Å². The molecule has 0 atom stereocenters. The average molecular weight is 456 g/mol. The predicted molar refractivity (Wildman–Crippen MR) is 122 cm³/mol. The highest BCUT2D eigenvalue weighted by Crippen LogP contribution is 2.28. The molecule has 0 spiro atoms. The molecule has 8 nitrogen and oxygen atoms in total. The van der Waals surface area contributed by atoms with Gasteiger partial charge in [-0.15, -0.1) is 5.10 Å². The number of fused-ring (bicyclic) bond motifs is 2. The van der Waals surface area contributed by atoms with Gasteiger partial charge in [0.1, 0.15) is 5.82 Å². The molecule has 1 saturated carbocycles. The van der Waals surface area contributed by atoms with Crippen molar-refractivity contribution >= 4 is 22.6 Å². The lowest BCUT2D eigenvalue weighted by atomic mass is 9.93. The minimum absolute atomic E-state index is 0.333. The Balaban J connectivity index is 1.38. The number of aryl methyl sites for hydroxylation is 1. The van der Waals surface area contributed by atoms with Crippen molar-refractivity contribution in [2.75, 3.05) is 11.9 Å². The Morgan fingerprint density at radius 1 is 1.15 bits per heavy atom. The minimum Gasteiger partial charge on any atom is -0.379 e. The number of anilines is 1. The number of hydrogen-bond acceptors (Lipinski definition) is 6. The summed E-state index contributed by atoms with van der Waals surface area (Å²) in [5.41, 5.74) is 3.56. The number of hydrogen-bond donors (Lipinski definition) is 1. The Morgan fingerprint density at radius 3 is 2.73 bits per heavy atom. The van der Waals surface area contributed by atoms with Crippen LogP contribution in [0.2, 0.25) is 0 Å². The van der Waals surface area contributed by atoms with Gasteiger partial charge in [0.15, 0.2) is 5.65 Å². The fourth-order valence-electron chi connectivity index (χ4n) is 4.64. The van der Waals surface area contributed by atoms with Crippen molar-refractivity contribution in [3.05, 3.63) is 36.5 Å². The minimum atomic E-state index is -2.46. The van der Waals surface area contributed by atoms with E-state index in [1.54, 1.807) is 23.8 Å². The lowest BCUT2D eigenvalue weighted by molar-refractivity contribution is 0.0346. The molecule has 0 aliphatic heterocycles. The van der Waals surface area contributed by atoms with Crippen LogP contribution in [0.4, 0.5) is 14.7 Å². The number of aromatic nitrogens is 6. The Bertz CT molecular complexity index is 1260. The highest BCUT2D eigenvalue weighted by Gasteiger charge is 2.22. The van der Waals surface area contributed by atoms with E-state index in [-0.39, 0.29) is 0 Å². The summed E-state index contributed by atoms with van der Waals surface area (Å²) >= 11 is 0. The van der Waals surface area contributed by atoms with Gasteiger partial charge in [-0.1, -0.05) is 0 Å². The second-order valence-corrected chi connectivity index (χ2v) is 8.44. The highest BCUT2D eigenvalue weighted by molar-refractivity contribution is 5.85. The third-order valence-electron chi connectivity index (χ3n) is 6.25. The lowest BCUT2D eigenvalue weighted by Crippen LogP contribution is -2.30. The zero-order chi connectivity index (χ0) is 22.9. The molecule has 0 bridgehead atoms. The number of alkyl halides is 2. The second kappa shape index (κ2) is 9.01. The van der Waals surface area contributed by atoms with E-state index in [1.807, 2.05) is 25.3 Å². The van der Waals surface area contributed by atoms with Crippen LogP contribution >= 0.6 is 0 Å².